The van der Waals surface area contributed by atoms with Gasteiger partial charge in [-0.1, -0.05) is 88.5 Å². The predicted molar refractivity (Wildman–Crippen MR) is 234 cm³/mol. The zero-order valence-electron chi connectivity index (χ0n) is 39.1. The smallest absolute Gasteiger partial charge is 0.331 e. The molecule has 1 aliphatic rings. The Bertz CT molecular complexity index is 1740. The fourth-order valence-electron chi connectivity index (χ4n) is 7.10. The summed E-state index contributed by atoms with van der Waals surface area (Å²) in [5.41, 5.74) is 0. The van der Waals surface area contributed by atoms with Gasteiger partial charge in [0.25, 0.3) is 0 Å². The van der Waals surface area contributed by atoms with E-state index in [2.05, 4.69) is 0 Å². The highest BCUT2D eigenvalue weighted by Gasteiger charge is 2.34. The number of ether oxygens (including phenoxy) is 8. The van der Waals surface area contributed by atoms with Gasteiger partial charge in [0.2, 0.25) is 0 Å². The Morgan fingerprint density at radius 1 is 0.453 bits per heavy atom. The van der Waals surface area contributed by atoms with Gasteiger partial charge >= 0.3 is 47.8 Å². The number of cyclic esters (lactones) is 1. The maximum atomic E-state index is 12.8. The Hall–Kier alpha value is -5.80. The average Bonchev–Trinajstić information content (AvgIpc) is 3.13. The van der Waals surface area contributed by atoms with Gasteiger partial charge in [0, 0.05) is 105 Å². The molecule has 0 radical (unpaired) electrons. The van der Waals surface area contributed by atoms with Crippen LogP contribution in [0.25, 0.3) is 0 Å². The lowest BCUT2D eigenvalue weighted by Gasteiger charge is -2.31. The summed E-state index contributed by atoms with van der Waals surface area (Å²) in [6.07, 6.45) is 12.1. The van der Waals surface area contributed by atoms with Gasteiger partial charge < -0.3 is 37.9 Å². The molecule has 0 aromatic heterocycles. The molecule has 0 aromatic carbocycles. The Morgan fingerprint density at radius 3 is 1.20 bits per heavy atom. The number of carbonyl (C=O) groups is 8. The van der Waals surface area contributed by atoms with Gasteiger partial charge in [-0.05, 0) is 12.0 Å². The molecule has 64 heavy (non-hydrogen) atoms. The Labute approximate surface area is 377 Å². The van der Waals surface area contributed by atoms with Crippen LogP contribution in [0, 0.1) is 17.8 Å². The van der Waals surface area contributed by atoms with E-state index in [4.69, 9.17) is 37.9 Å². The van der Waals surface area contributed by atoms with E-state index in [0.717, 1.165) is 0 Å². The van der Waals surface area contributed by atoms with Crippen LogP contribution in [0.1, 0.15) is 115 Å². The number of rotatable bonds is 8. The molecule has 0 fully saturated rings. The monoisotopic (exact) mass is 900 g/mol. The Kier molecular flexibility index (Phi) is 26.6. The van der Waals surface area contributed by atoms with Gasteiger partial charge in [-0.25, -0.2) is 4.79 Å². The third kappa shape index (κ3) is 26.6. The molecular weight excluding hydrogens is 833 g/mol. The van der Waals surface area contributed by atoms with Crippen molar-refractivity contribution in [1.29, 1.82) is 0 Å². The van der Waals surface area contributed by atoms with E-state index in [1.54, 1.807) is 66.8 Å². The summed E-state index contributed by atoms with van der Waals surface area (Å²) >= 11 is 0. The first-order valence-electron chi connectivity index (χ1n) is 21.5. The van der Waals surface area contributed by atoms with Gasteiger partial charge in [0.15, 0.2) is 0 Å². The minimum absolute atomic E-state index is 0.00508. The molecule has 1 heterocycles. The van der Waals surface area contributed by atoms with Crippen LogP contribution in [0.3, 0.4) is 0 Å². The molecule has 0 saturated heterocycles. The molecule has 16 heteroatoms. The maximum Gasteiger partial charge on any atom is 0.331 e. The van der Waals surface area contributed by atoms with Crippen molar-refractivity contribution in [3.63, 3.8) is 0 Å². The van der Waals surface area contributed by atoms with Crippen LogP contribution in [0.15, 0.2) is 72.9 Å². The van der Waals surface area contributed by atoms with Crippen LogP contribution >= 0.6 is 0 Å². The summed E-state index contributed by atoms with van der Waals surface area (Å²) in [7, 11) is 0. The van der Waals surface area contributed by atoms with Crippen molar-refractivity contribution < 1.29 is 76.3 Å². The van der Waals surface area contributed by atoms with Crippen molar-refractivity contribution in [2.24, 2.45) is 17.8 Å². The second-order valence-corrected chi connectivity index (χ2v) is 16.0. The first-order valence-corrected chi connectivity index (χ1v) is 21.5. The fourth-order valence-corrected chi connectivity index (χ4v) is 7.10. The molecule has 0 spiro atoms. The second-order valence-electron chi connectivity index (χ2n) is 16.0. The second kappa shape index (κ2) is 30.3. The summed E-state index contributed by atoms with van der Waals surface area (Å²) in [5, 5.41) is 0. The summed E-state index contributed by atoms with van der Waals surface area (Å²) in [6, 6.07) is 0. The van der Waals surface area contributed by atoms with E-state index in [0.29, 0.717) is 0 Å². The van der Waals surface area contributed by atoms with Crippen molar-refractivity contribution in [2.45, 2.75) is 164 Å². The number of hydrogen-bond donors (Lipinski definition) is 0. The lowest BCUT2D eigenvalue weighted by atomic mass is 9.92. The summed E-state index contributed by atoms with van der Waals surface area (Å²) in [4.78, 5) is 99.6. The predicted octanol–water partition coefficient (Wildman–Crippen LogP) is 7.04. The van der Waals surface area contributed by atoms with Crippen molar-refractivity contribution in [2.75, 3.05) is 0 Å². The van der Waals surface area contributed by atoms with E-state index < -0.39 is 96.6 Å². The summed E-state index contributed by atoms with van der Waals surface area (Å²) < 4.78 is 45.4. The molecule has 0 amide bonds. The molecule has 0 N–H and O–H groups in total. The molecule has 0 saturated carbocycles. The standard InChI is InChI=1S/C48H68O16/c1-30(2)48-32(4)22-23-40(57-33(5)49)24-41(58-34(6)50)25-42(59-35(7)51)26-43(60-36(8)52)27-44(61-37(9)53)28-45(62-38(10)54)29-46(63-39(11)55)31(3)20-18-16-14-12-13-15-17-19-21-47(56)64-48/h12-23,30-32,40-46,48H,24-29H2,1-11H3. The molecule has 10 atom stereocenters. The number of carbonyl (C=O) groups excluding carboxylic acids is 8. The lowest BCUT2D eigenvalue weighted by Crippen LogP contribution is -2.37. The van der Waals surface area contributed by atoms with Crippen LogP contribution in [-0.2, 0) is 76.3 Å². The van der Waals surface area contributed by atoms with Crippen molar-refractivity contribution >= 4 is 47.8 Å². The number of allylic oxidation sites excluding steroid dienone is 8. The van der Waals surface area contributed by atoms with E-state index in [9.17, 15) is 38.4 Å². The van der Waals surface area contributed by atoms with E-state index in [-0.39, 0.29) is 56.3 Å². The van der Waals surface area contributed by atoms with Gasteiger partial charge in [-0.2, -0.15) is 0 Å². The van der Waals surface area contributed by atoms with Gasteiger partial charge in [-0.15, -0.1) is 0 Å². The van der Waals surface area contributed by atoms with E-state index >= 15 is 0 Å². The molecule has 1 aliphatic heterocycles. The highest BCUT2D eigenvalue weighted by molar-refractivity contribution is 5.82. The van der Waals surface area contributed by atoms with Crippen molar-refractivity contribution in [3.05, 3.63) is 72.9 Å². The van der Waals surface area contributed by atoms with Crippen LogP contribution in [0.5, 0.6) is 0 Å². The quantitative estimate of drug-likeness (QED) is 0.136. The molecular formula is C48H68O16. The molecule has 0 aliphatic carbocycles. The first-order chi connectivity index (χ1) is 30.0. The highest BCUT2D eigenvalue weighted by atomic mass is 16.6. The normalized spacial score (nSPS) is 27.0. The Morgan fingerprint density at radius 2 is 0.812 bits per heavy atom. The van der Waals surface area contributed by atoms with Crippen molar-refractivity contribution in [1.82, 2.24) is 0 Å². The third-order valence-electron chi connectivity index (χ3n) is 9.46. The van der Waals surface area contributed by atoms with Crippen LogP contribution in [-0.4, -0.2) is 96.6 Å². The lowest BCUT2D eigenvalue weighted by molar-refractivity contribution is -0.160. The van der Waals surface area contributed by atoms with E-state index in [1.165, 1.54) is 54.5 Å². The van der Waals surface area contributed by atoms with Crippen LogP contribution in [0.4, 0.5) is 0 Å². The number of hydrogen-bond acceptors (Lipinski definition) is 16. The minimum atomic E-state index is -1.07. The fraction of sp³-hybridized carbons (Fsp3) is 0.583. The van der Waals surface area contributed by atoms with Crippen LogP contribution in [0.2, 0.25) is 0 Å². The zero-order chi connectivity index (χ0) is 48.4. The summed E-state index contributed by atoms with van der Waals surface area (Å²) in [5.74, 6) is -6.03. The number of esters is 8. The first kappa shape index (κ1) is 56.2. The molecule has 16 nitrogen and oxygen atoms in total. The van der Waals surface area contributed by atoms with Crippen LogP contribution < -0.4 is 0 Å². The molecule has 1 rings (SSSR count). The third-order valence-corrected chi connectivity index (χ3v) is 9.46. The Balaban J connectivity index is 3.90. The zero-order valence-corrected chi connectivity index (χ0v) is 39.1. The van der Waals surface area contributed by atoms with E-state index in [1.807, 2.05) is 27.7 Å². The molecule has 0 aromatic rings. The maximum absolute atomic E-state index is 12.8. The topological polar surface area (TPSA) is 210 Å². The average molecular weight is 901 g/mol. The molecule has 356 valence electrons. The SMILES string of the molecule is CC(=O)OC1C=CC(C)C(C(C)C)OC(=O)C=CC=CC=CC=CC=CC(C)C(OC(C)=O)CC(OC(C)=O)CC(OC(C)=O)CC(OC(C)=O)CC(OC(C)=O)CC(OC(C)=O)C1. The van der Waals surface area contributed by atoms with Crippen molar-refractivity contribution in [3.8, 4) is 0 Å². The van der Waals surface area contributed by atoms with Gasteiger partial charge in [-0.3, -0.25) is 33.6 Å². The van der Waals surface area contributed by atoms with Gasteiger partial charge in [0.05, 0.1) is 0 Å². The largest absolute Gasteiger partial charge is 0.462 e. The van der Waals surface area contributed by atoms with Gasteiger partial charge in [0.1, 0.15) is 48.8 Å². The minimum Gasteiger partial charge on any atom is -0.462 e. The summed E-state index contributed by atoms with van der Waals surface area (Å²) in [6.45, 7) is 15.9. The molecule has 0 bridgehead atoms. The molecule has 10 unspecified atom stereocenters. The highest BCUT2D eigenvalue weighted by Crippen LogP contribution is 2.27.